The topological polar surface area (TPSA) is 61.8 Å². The lowest BCUT2D eigenvalue weighted by atomic mass is 10.1. The third-order valence-electron chi connectivity index (χ3n) is 9.92. The van der Waals surface area contributed by atoms with Gasteiger partial charge in [-0.1, -0.05) is 189 Å². The Labute approximate surface area is 359 Å². The van der Waals surface area contributed by atoms with E-state index in [0.717, 1.165) is 96.3 Å². The Bertz CT molecular complexity index is 1090. The minimum Gasteiger partial charge on any atom is -0.462 e. The van der Waals surface area contributed by atoms with Crippen molar-refractivity contribution in [1.29, 1.82) is 0 Å². The summed E-state index contributed by atoms with van der Waals surface area (Å²) >= 11 is 0. The molecule has 0 aliphatic carbocycles. The zero-order chi connectivity index (χ0) is 42.1. The zero-order valence-corrected chi connectivity index (χ0v) is 38.0. The summed E-state index contributed by atoms with van der Waals surface area (Å²) in [6, 6.07) is 0. The first-order valence-electron chi connectivity index (χ1n) is 24.1. The average molecular weight is 807 g/mol. The molecular formula is C53H90O5. The van der Waals surface area contributed by atoms with Gasteiger partial charge in [-0.15, -0.1) is 0 Å². The first-order chi connectivity index (χ1) is 28.6. The molecule has 0 fully saturated rings. The van der Waals surface area contributed by atoms with Gasteiger partial charge in [-0.05, 0) is 96.3 Å². The molecule has 0 bridgehead atoms. The fourth-order valence-electron chi connectivity index (χ4n) is 6.33. The normalized spacial score (nSPS) is 12.9. The van der Waals surface area contributed by atoms with Crippen LogP contribution < -0.4 is 0 Å². The second-order valence-electron chi connectivity index (χ2n) is 15.6. The molecule has 0 aliphatic rings. The average Bonchev–Trinajstić information content (AvgIpc) is 3.22. The summed E-state index contributed by atoms with van der Waals surface area (Å²) in [7, 11) is 0. The van der Waals surface area contributed by atoms with Crippen molar-refractivity contribution >= 4 is 11.9 Å². The summed E-state index contributed by atoms with van der Waals surface area (Å²) < 4.78 is 17.3. The third kappa shape index (κ3) is 45.8. The van der Waals surface area contributed by atoms with E-state index in [-0.39, 0.29) is 25.2 Å². The molecule has 0 radical (unpaired) electrons. The van der Waals surface area contributed by atoms with Crippen molar-refractivity contribution in [1.82, 2.24) is 0 Å². The summed E-state index contributed by atoms with van der Waals surface area (Å²) in [6.07, 6.45) is 63.0. The van der Waals surface area contributed by atoms with Gasteiger partial charge in [0.05, 0.1) is 6.61 Å². The molecule has 0 N–H and O–H groups in total. The van der Waals surface area contributed by atoms with E-state index in [4.69, 9.17) is 14.2 Å². The van der Waals surface area contributed by atoms with E-state index in [0.29, 0.717) is 19.4 Å². The second kappa shape index (κ2) is 48.4. The molecule has 0 saturated heterocycles. The molecule has 0 saturated carbocycles. The monoisotopic (exact) mass is 807 g/mol. The van der Waals surface area contributed by atoms with Crippen LogP contribution in [0.25, 0.3) is 0 Å². The maximum Gasteiger partial charge on any atom is 0.306 e. The van der Waals surface area contributed by atoms with E-state index in [1.54, 1.807) is 0 Å². The van der Waals surface area contributed by atoms with Gasteiger partial charge in [0.2, 0.25) is 0 Å². The van der Waals surface area contributed by atoms with Gasteiger partial charge in [0.1, 0.15) is 6.61 Å². The Hall–Kier alpha value is -2.92. The fourth-order valence-corrected chi connectivity index (χ4v) is 6.33. The summed E-state index contributed by atoms with van der Waals surface area (Å²) in [5.74, 6) is -0.463. The first-order valence-corrected chi connectivity index (χ1v) is 24.1. The molecule has 58 heavy (non-hydrogen) atoms. The summed E-state index contributed by atoms with van der Waals surface area (Å²) in [6.45, 7) is 7.60. The number of allylic oxidation sites excluding steroid dienone is 14. The Morgan fingerprint density at radius 1 is 0.397 bits per heavy atom. The molecule has 0 heterocycles. The van der Waals surface area contributed by atoms with Crippen LogP contribution in [-0.4, -0.2) is 37.9 Å². The van der Waals surface area contributed by atoms with Crippen molar-refractivity contribution < 1.29 is 23.8 Å². The molecule has 0 aromatic rings. The maximum absolute atomic E-state index is 12.7. The van der Waals surface area contributed by atoms with Crippen LogP contribution in [0.5, 0.6) is 0 Å². The van der Waals surface area contributed by atoms with Gasteiger partial charge < -0.3 is 14.2 Å². The molecule has 0 amide bonds. The number of rotatable bonds is 43. The van der Waals surface area contributed by atoms with Gasteiger partial charge in [0, 0.05) is 19.4 Å². The summed E-state index contributed by atoms with van der Waals surface area (Å²) in [5.41, 5.74) is 0. The molecule has 0 aliphatic heterocycles. The van der Waals surface area contributed by atoms with Crippen LogP contribution in [0.4, 0.5) is 0 Å². The Morgan fingerprint density at radius 3 is 1.31 bits per heavy atom. The van der Waals surface area contributed by atoms with Crippen LogP contribution in [0.2, 0.25) is 0 Å². The third-order valence-corrected chi connectivity index (χ3v) is 9.92. The minimum atomic E-state index is -0.563. The van der Waals surface area contributed by atoms with E-state index in [2.05, 4.69) is 106 Å². The van der Waals surface area contributed by atoms with Crippen molar-refractivity contribution in [2.75, 3.05) is 19.8 Å². The number of hydrogen-bond donors (Lipinski definition) is 0. The number of carbonyl (C=O) groups is 2. The molecule has 5 heteroatoms. The van der Waals surface area contributed by atoms with Gasteiger partial charge in [0.25, 0.3) is 0 Å². The zero-order valence-electron chi connectivity index (χ0n) is 38.0. The second-order valence-corrected chi connectivity index (χ2v) is 15.6. The van der Waals surface area contributed by atoms with Crippen molar-refractivity contribution in [2.24, 2.45) is 0 Å². The first kappa shape index (κ1) is 55.1. The molecule has 0 aromatic carbocycles. The summed E-state index contributed by atoms with van der Waals surface area (Å²) in [4.78, 5) is 25.3. The van der Waals surface area contributed by atoms with Crippen LogP contribution in [0, 0.1) is 0 Å². The van der Waals surface area contributed by atoms with E-state index in [1.807, 2.05) is 0 Å². The molecular weight excluding hydrogens is 717 g/mol. The highest BCUT2D eigenvalue weighted by Crippen LogP contribution is 2.12. The van der Waals surface area contributed by atoms with Crippen molar-refractivity contribution in [2.45, 2.75) is 219 Å². The highest BCUT2D eigenvalue weighted by atomic mass is 16.6. The maximum atomic E-state index is 12.7. The quantitative estimate of drug-likeness (QED) is 0.0349. The van der Waals surface area contributed by atoms with Gasteiger partial charge in [-0.3, -0.25) is 9.59 Å². The van der Waals surface area contributed by atoms with Crippen LogP contribution >= 0.6 is 0 Å². The van der Waals surface area contributed by atoms with E-state index in [9.17, 15) is 9.59 Å². The molecule has 0 spiro atoms. The Morgan fingerprint density at radius 2 is 0.776 bits per heavy atom. The molecule has 5 nitrogen and oxygen atoms in total. The van der Waals surface area contributed by atoms with Crippen molar-refractivity contribution in [3.8, 4) is 0 Å². The van der Waals surface area contributed by atoms with Gasteiger partial charge in [0.15, 0.2) is 6.10 Å². The Balaban J connectivity index is 4.27. The lowest BCUT2D eigenvalue weighted by molar-refractivity contribution is -0.163. The predicted octanol–water partition coefficient (Wildman–Crippen LogP) is 16.1. The number of esters is 2. The van der Waals surface area contributed by atoms with Crippen molar-refractivity contribution in [3.63, 3.8) is 0 Å². The highest BCUT2D eigenvalue weighted by Gasteiger charge is 2.17. The molecule has 0 aromatic heterocycles. The molecule has 0 rings (SSSR count). The van der Waals surface area contributed by atoms with E-state index in [1.165, 1.54) is 83.5 Å². The predicted molar refractivity (Wildman–Crippen MR) is 251 cm³/mol. The van der Waals surface area contributed by atoms with Crippen molar-refractivity contribution in [3.05, 3.63) is 85.1 Å². The van der Waals surface area contributed by atoms with Crippen LogP contribution in [-0.2, 0) is 23.8 Å². The van der Waals surface area contributed by atoms with E-state index < -0.39 is 6.10 Å². The lowest BCUT2D eigenvalue weighted by Crippen LogP contribution is -2.30. The highest BCUT2D eigenvalue weighted by molar-refractivity contribution is 5.70. The Kier molecular flexibility index (Phi) is 46.0. The molecule has 332 valence electrons. The number of unbranched alkanes of at least 4 members (excludes halogenated alkanes) is 18. The lowest BCUT2D eigenvalue weighted by Gasteiger charge is -2.18. The molecule has 1 unspecified atom stereocenters. The van der Waals surface area contributed by atoms with Gasteiger partial charge in [-0.25, -0.2) is 0 Å². The minimum absolute atomic E-state index is 0.0590. The number of carbonyl (C=O) groups excluding carboxylic acids is 2. The van der Waals surface area contributed by atoms with Crippen LogP contribution in [0.1, 0.15) is 213 Å². The smallest absolute Gasteiger partial charge is 0.306 e. The summed E-state index contributed by atoms with van der Waals surface area (Å²) in [5, 5.41) is 0. The van der Waals surface area contributed by atoms with Crippen LogP contribution in [0.3, 0.4) is 0 Å². The number of ether oxygens (including phenoxy) is 3. The largest absolute Gasteiger partial charge is 0.462 e. The van der Waals surface area contributed by atoms with Gasteiger partial charge in [-0.2, -0.15) is 0 Å². The molecule has 1 atom stereocenters. The van der Waals surface area contributed by atoms with E-state index >= 15 is 0 Å². The fraction of sp³-hybridized carbons (Fsp3) is 0.698. The number of hydrogen-bond acceptors (Lipinski definition) is 5. The van der Waals surface area contributed by atoms with Crippen LogP contribution in [0.15, 0.2) is 85.1 Å². The van der Waals surface area contributed by atoms with Gasteiger partial charge >= 0.3 is 11.9 Å². The SMILES string of the molecule is CC/C=C\C/C=C\C/C=C\C/C=C\CCCCC(=O)OC(COCCCCCCCCCC)COC(=O)CCCCCCCC/C=C\C/C=C\C/C=C\CCCCC. The standard InChI is InChI=1S/C53H90O5/c1-4-7-10-13-16-19-21-23-25-26-27-28-30-31-33-35-37-40-43-46-52(54)57-50-51(49-56-48-45-42-39-18-15-12-9-6-3)58-53(55)47-44-41-38-36-34-32-29-24-22-20-17-14-11-8-5-2/h8,11,16-17,19-20,23-25,27-29,34,36,51H,4-7,9-10,12-15,18,21-22,26,30-33,35,37-50H2,1-3H3/b11-8-,19-16-,20-17-,25-23-,28-27-,29-24-,36-34-.